The van der Waals surface area contributed by atoms with Crippen molar-refractivity contribution in [3.8, 4) is 0 Å². The first-order valence-electron chi connectivity index (χ1n) is 6.28. The number of rotatable bonds is 2. The van der Waals surface area contributed by atoms with E-state index in [9.17, 15) is 4.79 Å². The lowest BCUT2D eigenvalue weighted by atomic mass is 9.86. The van der Waals surface area contributed by atoms with E-state index in [4.69, 9.17) is 0 Å². The van der Waals surface area contributed by atoms with Gasteiger partial charge in [-0.05, 0) is 37.0 Å². The standard InChI is InChI=1S/C12H18N2OS/c15-11(14-12-13-3-4-16-12)7-10-6-8-1-2-9(10)5-8/h8-10H,1-7H2,(H,13,14,15). The molecule has 1 aliphatic heterocycles. The van der Waals surface area contributed by atoms with Crippen LogP contribution in [0.15, 0.2) is 4.99 Å². The minimum absolute atomic E-state index is 0.186. The summed E-state index contributed by atoms with van der Waals surface area (Å²) in [6.07, 6.45) is 6.16. The first-order valence-corrected chi connectivity index (χ1v) is 7.27. The third-order valence-corrected chi connectivity index (χ3v) is 5.06. The molecular weight excluding hydrogens is 220 g/mol. The number of carbonyl (C=O) groups is 1. The Morgan fingerprint density at radius 2 is 2.38 bits per heavy atom. The average Bonchev–Trinajstić information content (AvgIpc) is 2.92. The van der Waals surface area contributed by atoms with Crippen molar-refractivity contribution in [1.29, 1.82) is 0 Å². The quantitative estimate of drug-likeness (QED) is 0.800. The molecule has 0 aromatic heterocycles. The highest BCUT2D eigenvalue weighted by atomic mass is 32.2. The van der Waals surface area contributed by atoms with E-state index in [1.165, 1.54) is 25.7 Å². The Morgan fingerprint density at radius 1 is 1.44 bits per heavy atom. The fourth-order valence-corrected chi connectivity index (χ4v) is 4.19. The highest BCUT2D eigenvalue weighted by molar-refractivity contribution is 8.14. The number of nitrogens with one attached hydrogen (secondary N) is 1. The van der Waals surface area contributed by atoms with Crippen LogP contribution in [-0.2, 0) is 4.79 Å². The number of hydrogen-bond acceptors (Lipinski definition) is 3. The van der Waals surface area contributed by atoms with Crippen molar-refractivity contribution < 1.29 is 4.79 Å². The Labute approximate surface area is 100 Å². The van der Waals surface area contributed by atoms with Crippen molar-refractivity contribution in [1.82, 2.24) is 5.32 Å². The van der Waals surface area contributed by atoms with Gasteiger partial charge in [0.15, 0.2) is 5.17 Å². The molecule has 1 amide bonds. The normalized spacial score (nSPS) is 36.5. The molecule has 2 fully saturated rings. The summed E-state index contributed by atoms with van der Waals surface area (Å²) in [5.41, 5.74) is 0. The molecule has 1 N–H and O–H groups in total. The molecule has 3 rings (SSSR count). The smallest absolute Gasteiger partial charge is 0.226 e. The second kappa shape index (κ2) is 4.40. The Bertz CT molecular complexity index is 329. The van der Waals surface area contributed by atoms with Gasteiger partial charge in [-0.3, -0.25) is 9.79 Å². The van der Waals surface area contributed by atoms with Crippen LogP contribution in [-0.4, -0.2) is 23.4 Å². The van der Waals surface area contributed by atoms with Crippen molar-refractivity contribution in [2.45, 2.75) is 32.1 Å². The number of amides is 1. The van der Waals surface area contributed by atoms with Crippen LogP contribution < -0.4 is 5.32 Å². The topological polar surface area (TPSA) is 41.5 Å². The fourth-order valence-electron chi connectivity index (χ4n) is 3.45. The second-order valence-corrected chi connectivity index (χ2v) is 6.31. The SMILES string of the molecule is O=C(CC1CC2CCC1C2)NC1=NCCS1. The summed E-state index contributed by atoms with van der Waals surface area (Å²) in [6, 6.07) is 0. The van der Waals surface area contributed by atoms with E-state index in [0.717, 1.165) is 35.7 Å². The third kappa shape index (κ3) is 2.12. The highest BCUT2D eigenvalue weighted by Crippen LogP contribution is 2.49. The first-order chi connectivity index (χ1) is 7.81. The molecule has 88 valence electrons. The predicted octanol–water partition coefficient (Wildman–Crippen LogP) is 2.03. The third-order valence-electron chi connectivity index (χ3n) is 4.16. The monoisotopic (exact) mass is 238 g/mol. The summed E-state index contributed by atoms with van der Waals surface area (Å²) in [7, 11) is 0. The van der Waals surface area contributed by atoms with Crippen LogP contribution in [0.1, 0.15) is 32.1 Å². The summed E-state index contributed by atoms with van der Waals surface area (Å²) in [5.74, 6) is 3.63. The lowest BCUT2D eigenvalue weighted by Gasteiger charge is -2.20. The number of thioether (sulfide) groups is 1. The van der Waals surface area contributed by atoms with Crippen LogP contribution in [0.25, 0.3) is 0 Å². The van der Waals surface area contributed by atoms with Crippen LogP contribution in [0.4, 0.5) is 0 Å². The van der Waals surface area contributed by atoms with Gasteiger partial charge in [0, 0.05) is 12.2 Å². The Hall–Kier alpha value is -0.510. The number of hydrogen-bond donors (Lipinski definition) is 1. The zero-order chi connectivity index (χ0) is 11.0. The molecule has 16 heavy (non-hydrogen) atoms. The first kappa shape index (κ1) is 10.6. The summed E-state index contributed by atoms with van der Waals surface area (Å²) >= 11 is 1.66. The number of aliphatic imine (C=N–C) groups is 1. The largest absolute Gasteiger partial charge is 0.305 e. The minimum Gasteiger partial charge on any atom is -0.305 e. The molecule has 0 aromatic rings. The number of nitrogens with zero attached hydrogens (tertiary/aromatic N) is 1. The van der Waals surface area contributed by atoms with E-state index in [0.29, 0.717) is 5.92 Å². The zero-order valence-corrected chi connectivity index (χ0v) is 10.3. The minimum atomic E-state index is 0.186. The maximum absolute atomic E-state index is 11.8. The van der Waals surface area contributed by atoms with Gasteiger partial charge in [-0.2, -0.15) is 0 Å². The van der Waals surface area contributed by atoms with Crippen LogP contribution in [0.3, 0.4) is 0 Å². The molecule has 4 heteroatoms. The van der Waals surface area contributed by atoms with Gasteiger partial charge in [-0.1, -0.05) is 18.2 Å². The van der Waals surface area contributed by atoms with Crippen LogP contribution in [0, 0.1) is 17.8 Å². The maximum Gasteiger partial charge on any atom is 0.226 e. The molecule has 1 heterocycles. The van der Waals surface area contributed by atoms with Gasteiger partial charge in [0.25, 0.3) is 0 Å². The van der Waals surface area contributed by atoms with Gasteiger partial charge >= 0.3 is 0 Å². The number of amidine groups is 1. The van der Waals surface area contributed by atoms with Gasteiger partial charge in [0.05, 0.1) is 6.54 Å². The fraction of sp³-hybridized carbons (Fsp3) is 0.833. The zero-order valence-electron chi connectivity index (χ0n) is 9.45. The van der Waals surface area contributed by atoms with Crippen molar-refractivity contribution >= 4 is 22.8 Å². The number of carbonyl (C=O) groups excluding carboxylic acids is 1. The lowest BCUT2D eigenvalue weighted by Crippen LogP contribution is -2.30. The molecule has 3 aliphatic rings. The molecule has 0 aromatic carbocycles. The van der Waals surface area contributed by atoms with Crippen LogP contribution >= 0.6 is 11.8 Å². The van der Waals surface area contributed by atoms with Crippen molar-refractivity contribution in [2.75, 3.05) is 12.3 Å². The average molecular weight is 238 g/mol. The predicted molar refractivity (Wildman–Crippen MR) is 66.5 cm³/mol. The lowest BCUT2D eigenvalue weighted by molar-refractivity contribution is -0.120. The van der Waals surface area contributed by atoms with E-state index < -0.39 is 0 Å². The molecule has 0 saturated heterocycles. The molecule has 2 bridgehead atoms. The van der Waals surface area contributed by atoms with Crippen molar-refractivity contribution in [3.63, 3.8) is 0 Å². The summed E-state index contributed by atoms with van der Waals surface area (Å²) in [6.45, 7) is 0.856. The maximum atomic E-state index is 11.8. The van der Waals surface area contributed by atoms with Gasteiger partial charge in [0.1, 0.15) is 0 Å². The van der Waals surface area contributed by atoms with Crippen LogP contribution in [0.2, 0.25) is 0 Å². The van der Waals surface area contributed by atoms with Gasteiger partial charge in [0.2, 0.25) is 5.91 Å². The van der Waals surface area contributed by atoms with E-state index >= 15 is 0 Å². The molecule has 0 radical (unpaired) electrons. The second-order valence-electron chi connectivity index (χ2n) is 5.22. The molecule has 3 unspecified atom stereocenters. The molecular formula is C12H18N2OS. The van der Waals surface area contributed by atoms with E-state index in [-0.39, 0.29) is 5.91 Å². The van der Waals surface area contributed by atoms with E-state index in [1.54, 1.807) is 11.8 Å². The summed E-state index contributed by atoms with van der Waals surface area (Å²) in [4.78, 5) is 16.1. The Morgan fingerprint density at radius 3 is 3.00 bits per heavy atom. The molecule has 3 atom stereocenters. The van der Waals surface area contributed by atoms with Crippen molar-refractivity contribution in [2.24, 2.45) is 22.7 Å². The van der Waals surface area contributed by atoms with Gasteiger partial charge < -0.3 is 5.32 Å². The molecule has 2 aliphatic carbocycles. The number of fused-ring (bicyclic) bond motifs is 2. The Kier molecular flexibility index (Phi) is 2.92. The molecule has 2 saturated carbocycles. The highest BCUT2D eigenvalue weighted by Gasteiger charge is 2.40. The van der Waals surface area contributed by atoms with E-state index in [1.807, 2.05) is 0 Å². The van der Waals surface area contributed by atoms with Gasteiger partial charge in [-0.15, -0.1) is 0 Å². The Balaban J connectivity index is 1.49. The summed E-state index contributed by atoms with van der Waals surface area (Å²) in [5, 5.41) is 3.78. The molecule has 0 spiro atoms. The molecule has 3 nitrogen and oxygen atoms in total. The van der Waals surface area contributed by atoms with E-state index in [2.05, 4.69) is 10.3 Å². The summed E-state index contributed by atoms with van der Waals surface area (Å²) < 4.78 is 0. The van der Waals surface area contributed by atoms with Gasteiger partial charge in [-0.25, -0.2) is 0 Å². The van der Waals surface area contributed by atoms with Crippen LogP contribution in [0.5, 0.6) is 0 Å². The van der Waals surface area contributed by atoms with Crippen molar-refractivity contribution in [3.05, 3.63) is 0 Å².